The summed E-state index contributed by atoms with van der Waals surface area (Å²) in [4.78, 5) is 17.2. The number of nitrogens with one attached hydrogen (secondary N) is 2. The largest absolute Gasteiger partial charge is 0.370 e. The van der Waals surface area contributed by atoms with Crippen LogP contribution in [-0.2, 0) is 6.42 Å². The minimum Gasteiger partial charge on any atom is -0.370 e. The number of hydrogen-bond donors (Lipinski definition) is 2. The molecule has 0 saturated heterocycles. The molecule has 0 radical (unpaired) electrons. The molecule has 0 bridgehead atoms. The SMILES string of the molecule is Cc1noc(C)c1-c1cc(NCCc2c[nH]c3ccccc23)nc(-c2ccccn2)n1. The first-order valence-corrected chi connectivity index (χ1v) is 10.2. The molecule has 5 aromatic rings. The fourth-order valence-electron chi connectivity index (χ4n) is 3.79. The summed E-state index contributed by atoms with van der Waals surface area (Å²) in [6.45, 7) is 4.54. The highest BCUT2D eigenvalue weighted by Gasteiger charge is 2.16. The molecule has 7 nitrogen and oxygen atoms in total. The first kappa shape index (κ1) is 19.0. The smallest absolute Gasteiger partial charge is 0.180 e. The number of hydrogen-bond acceptors (Lipinski definition) is 6. The topological polar surface area (TPSA) is 92.5 Å². The number of aryl methyl sites for hydroxylation is 2. The Morgan fingerprint density at radius 3 is 2.68 bits per heavy atom. The fraction of sp³-hybridized carbons (Fsp3) is 0.167. The second-order valence-electron chi connectivity index (χ2n) is 7.41. The van der Waals surface area contributed by atoms with Crippen LogP contribution < -0.4 is 5.32 Å². The second-order valence-corrected chi connectivity index (χ2v) is 7.41. The van der Waals surface area contributed by atoms with Crippen LogP contribution >= 0.6 is 0 Å². The molecule has 0 saturated carbocycles. The summed E-state index contributed by atoms with van der Waals surface area (Å²) in [5, 5.41) is 8.78. The molecule has 0 unspecified atom stereocenters. The van der Waals surface area contributed by atoms with E-state index in [4.69, 9.17) is 14.5 Å². The number of aromatic amines is 1. The summed E-state index contributed by atoms with van der Waals surface area (Å²) < 4.78 is 5.36. The number of fused-ring (bicyclic) bond motifs is 1. The van der Waals surface area contributed by atoms with Crippen molar-refractivity contribution >= 4 is 16.7 Å². The number of rotatable bonds is 6. The van der Waals surface area contributed by atoms with Crippen LogP contribution in [0.1, 0.15) is 17.0 Å². The van der Waals surface area contributed by atoms with Crippen LogP contribution in [0.2, 0.25) is 0 Å². The van der Waals surface area contributed by atoms with Gasteiger partial charge in [-0.15, -0.1) is 0 Å². The minimum atomic E-state index is 0.563. The van der Waals surface area contributed by atoms with Gasteiger partial charge in [-0.25, -0.2) is 9.97 Å². The Kier molecular flexibility index (Phi) is 4.92. The van der Waals surface area contributed by atoms with Gasteiger partial charge in [-0.1, -0.05) is 29.4 Å². The number of nitrogens with zero attached hydrogens (tertiary/aromatic N) is 4. The van der Waals surface area contributed by atoms with E-state index in [1.165, 1.54) is 10.9 Å². The average molecular weight is 410 g/mol. The number of aromatic nitrogens is 5. The molecule has 4 heterocycles. The van der Waals surface area contributed by atoms with Crippen molar-refractivity contribution in [1.29, 1.82) is 0 Å². The van der Waals surface area contributed by atoms with Gasteiger partial charge in [0, 0.05) is 35.9 Å². The minimum absolute atomic E-state index is 0.563. The maximum atomic E-state index is 5.36. The maximum Gasteiger partial charge on any atom is 0.180 e. The predicted octanol–water partition coefficient (Wildman–Crippen LogP) is 4.95. The molecule has 0 aliphatic heterocycles. The normalized spacial score (nSPS) is 11.2. The lowest BCUT2D eigenvalue weighted by molar-refractivity contribution is 0.393. The molecule has 0 atom stereocenters. The lowest BCUT2D eigenvalue weighted by Gasteiger charge is -2.10. The standard InChI is InChI=1S/C24H22N6O/c1-15-23(16(2)31-30-15)21-13-22(29-24(28-21)20-9-5-6-11-25-20)26-12-10-17-14-27-19-8-4-3-7-18(17)19/h3-9,11,13-14,27H,10,12H2,1-2H3,(H,26,28,29). The third-order valence-corrected chi connectivity index (χ3v) is 5.29. The van der Waals surface area contributed by atoms with E-state index in [9.17, 15) is 0 Å². The van der Waals surface area contributed by atoms with Gasteiger partial charge in [-0.3, -0.25) is 4.98 Å². The monoisotopic (exact) mass is 410 g/mol. The van der Waals surface area contributed by atoms with E-state index in [-0.39, 0.29) is 0 Å². The predicted molar refractivity (Wildman–Crippen MR) is 121 cm³/mol. The van der Waals surface area contributed by atoms with Gasteiger partial charge in [0.15, 0.2) is 5.82 Å². The highest BCUT2D eigenvalue weighted by Crippen LogP contribution is 2.28. The highest BCUT2D eigenvalue weighted by atomic mass is 16.5. The number of benzene rings is 1. The molecule has 5 rings (SSSR count). The van der Waals surface area contributed by atoms with Gasteiger partial charge in [-0.05, 0) is 44.0 Å². The zero-order valence-electron chi connectivity index (χ0n) is 17.4. The molecule has 0 aliphatic rings. The van der Waals surface area contributed by atoms with Crippen molar-refractivity contribution in [2.24, 2.45) is 0 Å². The summed E-state index contributed by atoms with van der Waals surface area (Å²) in [6, 6.07) is 16.0. The summed E-state index contributed by atoms with van der Waals surface area (Å²) >= 11 is 0. The zero-order valence-corrected chi connectivity index (χ0v) is 17.4. The molecule has 0 fully saturated rings. The molecular weight excluding hydrogens is 388 g/mol. The van der Waals surface area contributed by atoms with Gasteiger partial charge >= 0.3 is 0 Å². The number of anilines is 1. The molecule has 154 valence electrons. The van der Waals surface area contributed by atoms with Gasteiger partial charge in [0.2, 0.25) is 0 Å². The van der Waals surface area contributed by atoms with Crippen molar-refractivity contribution < 1.29 is 4.52 Å². The van der Waals surface area contributed by atoms with Crippen LogP contribution in [0.15, 0.2) is 65.4 Å². The van der Waals surface area contributed by atoms with Gasteiger partial charge in [0.05, 0.1) is 17.0 Å². The first-order chi connectivity index (χ1) is 15.2. The first-order valence-electron chi connectivity index (χ1n) is 10.2. The van der Waals surface area contributed by atoms with Gasteiger partial charge < -0.3 is 14.8 Å². The van der Waals surface area contributed by atoms with Crippen LogP contribution in [-0.4, -0.2) is 31.6 Å². The van der Waals surface area contributed by atoms with Crippen molar-refractivity contribution in [3.05, 3.63) is 77.9 Å². The Hall–Kier alpha value is -4.00. The molecular formula is C24H22N6O. The van der Waals surface area contributed by atoms with Crippen LogP contribution in [0.25, 0.3) is 33.7 Å². The summed E-state index contributed by atoms with van der Waals surface area (Å²) in [5.41, 5.74) is 5.59. The molecule has 31 heavy (non-hydrogen) atoms. The molecule has 7 heteroatoms. The van der Waals surface area contributed by atoms with Crippen LogP contribution in [0.4, 0.5) is 5.82 Å². The summed E-state index contributed by atoms with van der Waals surface area (Å²) in [7, 11) is 0. The van der Waals surface area contributed by atoms with E-state index in [2.05, 4.69) is 44.8 Å². The Bertz CT molecular complexity index is 1320. The van der Waals surface area contributed by atoms with E-state index < -0.39 is 0 Å². The molecule has 2 N–H and O–H groups in total. The van der Waals surface area contributed by atoms with Crippen LogP contribution in [0.5, 0.6) is 0 Å². The zero-order chi connectivity index (χ0) is 21.2. The number of para-hydroxylation sites is 1. The van der Waals surface area contributed by atoms with Gasteiger partial charge in [-0.2, -0.15) is 0 Å². The van der Waals surface area contributed by atoms with E-state index in [1.807, 2.05) is 44.2 Å². The quantitative estimate of drug-likeness (QED) is 0.412. The van der Waals surface area contributed by atoms with Crippen LogP contribution in [0.3, 0.4) is 0 Å². The van der Waals surface area contributed by atoms with E-state index in [1.54, 1.807) is 6.20 Å². The Morgan fingerprint density at radius 2 is 1.87 bits per heavy atom. The average Bonchev–Trinajstić information content (AvgIpc) is 3.37. The number of pyridine rings is 1. The molecule has 4 aromatic heterocycles. The highest BCUT2D eigenvalue weighted by molar-refractivity contribution is 5.83. The molecule has 1 aromatic carbocycles. The lowest BCUT2D eigenvalue weighted by atomic mass is 10.1. The van der Waals surface area contributed by atoms with Crippen molar-refractivity contribution in [3.63, 3.8) is 0 Å². The molecule has 0 aliphatic carbocycles. The third kappa shape index (κ3) is 3.77. The van der Waals surface area contributed by atoms with Crippen molar-refractivity contribution in [1.82, 2.24) is 25.1 Å². The Morgan fingerprint density at radius 1 is 1.00 bits per heavy atom. The fourth-order valence-corrected chi connectivity index (χ4v) is 3.79. The molecule has 0 spiro atoms. The van der Waals surface area contributed by atoms with E-state index >= 15 is 0 Å². The molecule has 0 amide bonds. The lowest BCUT2D eigenvalue weighted by Crippen LogP contribution is -2.08. The summed E-state index contributed by atoms with van der Waals surface area (Å²) in [5.74, 6) is 2.03. The number of H-pyrrole nitrogens is 1. The maximum absolute atomic E-state index is 5.36. The van der Waals surface area contributed by atoms with E-state index in [0.717, 1.165) is 52.7 Å². The Labute approximate surface area is 179 Å². The van der Waals surface area contributed by atoms with E-state index in [0.29, 0.717) is 5.82 Å². The van der Waals surface area contributed by atoms with Gasteiger partial charge in [0.1, 0.15) is 17.3 Å². The van der Waals surface area contributed by atoms with Crippen LogP contribution in [0, 0.1) is 13.8 Å². The van der Waals surface area contributed by atoms with Crippen molar-refractivity contribution in [3.8, 4) is 22.8 Å². The van der Waals surface area contributed by atoms with Gasteiger partial charge in [0.25, 0.3) is 0 Å². The van der Waals surface area contributed by atoms with Crippen molar-refractivity contribution in [2.75, 3.05) is 11.9 Å². The Balaban J connectivity index is 1.45. The second kappa shape index (κ2) is 8.02. The van der Waals surface area contributed by atoms with Crippen molar-refractivity contribution in [2.45, 2.75) is 20.3 Å². The summed E-state index contributed by atoms with van der Waals surface area (Å²) in [6.07, 6.45) is 4.68. The third-order valence-electron chi connectivity index (χ3n) is 5.29.